The molecule has 0 saturated carbocycles. The largest absolute Gasteiger partial charge is 0.370 e. The summed E-state index contributed by atoms with van der Waals surface area (Å²) in [6, 6.07) is 0. The number of alkyl halides is 1. The minimum Gasteiger partial charge on any atom is -0.370 e. The van der Waals surface area contributed by atoms with E-state index in [9.17, 15) is 0 Å². The minimum absolute atomic E-state index is 0. The average molecular weight is 316 g/mol. The number of aromatic nitrogens is 1. The minimum atomic E-state index is -0.0829. The van der Waals surface area contributed by atoms with E-state index in [0.717, 1.165) is 11.0 Å². The van der Waals surface area contributed by atoms with Crippen molar-refractivity contribution in [1.29, 1.82) is 5.41 Å². The molecule has 12 heavy (non-hydrogen) atoms. The highest BCUT2D eigenvalue weighted by Gasteiger charge is 1.99. The predicted octanol–water partition coefficient (Wildman–Crippen LogP) is 1.92. The van der Waals surface area contributed by atoms with Gasteiger partial charge in [-0.05, 0) is 0 Å². The van der Waals surface area contributed by atoms with E-state index in [2.05, 4.69) is 26.2 Å². The number of halogens is 2. The van der Waals surface area contributed by atoms with Crippen LogP contribution < -0.4 is 11.1 Å². The summed E-state index contributed by atoms with van der Waals surface area (Å²) in [6.45, 7) is 0. The predicted molar refractivity (Wildman–Crippen MR) is 60.6 cm³/mol. The third kappa shape index (κ3) is 3.51. The van der Waals surface area contributed by atoms with Gasteiger partial charge in [-0.1, -0.05) is 15.9 Å². The summed E-state index contributed by atoms with van der Waals surface area (Å²) in [7, 11) is 0. The number of nitrogens with two attached hydrogens (primary N) is 1. The van der Waals surface area contributed by atoms with Gasteiger partial charge in [0.1, 0.15) is 0 Å². The topological polar surface area (TPSA) is 74.8 Å². The molecule has 0 spiro atoms. The van der Waals surface area contributed by atoms with Gasteiger partial charge in [-0.15, -0.1) is 28.3 Å². The Morgan fingerprint density at radius 1 is 1.83 bits per heavy atom. The number of anilines is 1. The Morgan fingerprint density at radius 3 is 2.92 bits per heavy atom. The number of guanidine groups is 1. The van der Waals surface area contributed by atoms with Crippen molar-refractivity contribution in [3.05, 3.63) is 11.1 Å². The van der Waals surface area contributed by atoms with E-state index in [0.29, 0.717) is 5.13 Å². The van der Waals surface area contributed by atoms with Crippen LogP contribution in [0.25, 0.3) is 0 Å². The third-order valence-electron chi connectivity index (χ3n) is 0.930. The second kappa shape index (κ2) is 5.50. The second-order valence-electron chi connectivity index (χ2n) is 1.82. The number of hydrogen-bond acceptors (Lipinski definition) is 3. The molecule has 0 fully saturated rings. The summed E-state index contributed by atoms with van der Waals surface area (Å²) in [5, 5.41) is 12.8. The summed E-state index contributed by atoms with van der Waals surface area (Å²) in [6.07, 6.45) is 0. The molecule has 1 aromatic heterocycles. The first-order valence-corrected chi connectivity index (χ1v) is 4.84. The van der Waals surface area contributed by atoms with E-state index in [-0.39, 0.29) is 22.9 Å². The van der Waals surface area contributed by atoms with E-state index in [1.165, 1.54) is 11.3 Å². The molecule has 1 rings (SSSR count). The molecule has 0 aliphatic rings. The Morgan fingerprint density at radius 2 is 2.50 bits per heavy atom. The van der Waals surface area contributed by atoms with Gasteiger partial charge in [-0.2, -0.15) is 0 Å². The summed E-state index contributed by atoms with van der Waals surface area (Å²) < 4.78 is 0. The van der Waals surface area contributed by atoms with Gasteiger partial charge in [0.25, 0.3) is 0 Å². The van der Waals surface area contributed by atoms with Crippen LogP contribution in [-0.2, 0) is 5.33 Å². The van der Waals surface area contributed by atoms with Gasteiger partial charge in [0.2, 0.25) is 0 Å². The zero-order valence-electron chi connectivity index (χ0n) is 6.00. The first kappa shape index (κ1) is 11.9. The van der Waals surface area contributed by atoms with Crippen molar-refractivity contribution in [3.63, 3.8) is 0 Å². The molecule has 1 heterocycles. The molecule has 0 bridgehead atoms. The third-order valence-corrected chi connectivity index (χ3v) is 2.31. The SMILES string of the molecule is Br.N=C(N)Nc1nc(CBr)cs1. The van der Waals surface area contributed by atoms with Gasteiger partial charge < -0.3 is 11.1 Å². The molecule has 7 heteroatoms. The van der Waals surface area contributed by atoms with Crippen molar-refractivity contribution in [2.45, 2.75) is 5.33 Å². The lowest BCUT2D eigenvalue weighted by Crippen LogP contribution is -2.20. The fourth-order valence-corrected chi connectivity index (χ4v) is 1.77. The lowest BCUT2D eigenvalue weighted by Gasteiger charge is -1.95. The zero-order valence-corrected chi connectivity index (χ0v) is 10.1. The van der Waals surface area contributed by atoms with Crippen molar-refractivity contribution >= 4 is 55.3 Å². The van der Waals surface area contributed by atoms with Crippen molar-refractivity contribution in [2.24, 2.45) is 5.73 Å². The Bertz CT molecular complexity index is 262. The highest BCUT2D eigenvalue weighted by molar-refractivity contribution is 9.08. The highest BCUT2D eigenvalue weighted by atomic mass is 79.9. The molecule has 0 amide bonds. The molecule has 4 nitrogen and oxygen atoms in total. The van der Waals surface area contributed by atoms with Gasteiger partial charge >= 0.3 is 0 Å². The van der Waals surface area contributed by atoms with E-state index >= 15 is 0 Å². The number of nitrogens with one attached hydrogen (secondary N) is 2. The van der Waals surface area contributed by atoms with Crippen LogP contribution in [0.5, 0.6) is 0 Å². The molecule has 0 aromatic carbocycles. The molecular weight excluding hydrogens is 308 g/mol. The quantitative estimate of drug-likeness (QED) is 0.443. The maximum atomic E-state index is 6.92. The van der Waals surface area contributed by atoms with Gasteiger partial charge in [-0.25, -0.2) is 4.98 Å². The number of hydrogen-bond donors (Lipinski definition) is 3. The fraction of sp³-hybridized carbons (Fsp3) is 0.200. The fourth-order valence-electron chi connectivity index (χ4n) is 0.541. The Kier molecular flexibility index (Phi) is 5.43. The maximum absolute atomic E-state index is 6.92. The summed E-state index contributed by atoms with van der Waals surface area (Å²) in [5.74, 6) is -0.0829. The lowest BCUT2D eigenvalue weighted by atomic mass is 10.6. The number of thiazole rings is 1. The average Bonchev–Trinajstić information content (AvgIpc) is 2.34. The molecule has 4 N–H and O–H groups in total. The van der Waals surface area contributed by atoms with Crippen molar-refractivity contribution in [1.82, 2.24) is 4.98 Å². The smallest absolute Gasteiger partial charge is 0.192 e. The summed E-state index contributed by atoms with van der Waals surface area (Å²) in [5.41, 5.74) is 6.05. The van der Waals surface area contributed by atoms with E-state index in [1.54, 1.807) is 0 Å². The van der Waals surface area contributed by atoms with E-state index in [4.69, 9.17) is 11.1 Å². The van der Waals surface area contributed by atoms with Gasteiger partial charge in [0.05, 0.1) is 5.69 Å². The first-order valence-electron chi connectivity index (χ1n) is 2.84. The van der Waals surface area contributed by atoms with Crippen molar-refractivity contribution < 1.29 is 0 Å². The van der Waals surface area contributed by atoms with Crippen LogP contribution in [0, 0.1) is 5.41 Å². The molecule has 0 saturated heterocycles. The Hall–Kier alpha value is -0.140. The normalized spacial score (nSPS) is 8.75. The monoisotopic (exact) mass is 314 g/mol. The van der Waals surface area contributed by atoms with Crippen molar-refractivity contribution in [2.75, 3.05) is 5.32 Å². The van der Waals surface area contributed by atoms with Crippen LogP contribution in [0.3, 0.4) is 0 Å². The highest BCUT2D eigenvalue weighted by Crippen LogP contribution is 2.16. The number of nitrogens with zero attached hydrogens (tertiary/aromatic N) is 1. The maximum Gasteiger partial charge on any atom is 0.192 e. The van der Waals surface area contributed by atoms with Crippen LogP contribution >= 0.6 is 44.2 Å². The zero-order chi connectivity index (χ0) is 8.27. The van der Waals surface area contributed by atoms with Crippen LogP contribution in [0.15, 0.2) is 5.38 Å². The van der Waals surface area contributed by atoms with Gasteiger partial charge in [0.15, 0.2) is 11.1 Å². The molecule has 0 unspecified atom stereocenters. The lowest BCUT2D eigenvalue weighted by molar-refractivity contribution is 1.24. The van der Waals surface area contributed by atoms with Crippen LogP contribution in [0.1, 0.15) is 5.69 Å². The molecule has 0 atom stereocenters. The molecule has 1 aromatic rings. The molecular formula is C5H8Br2N4S. The molecule has 68 valence electrons. The van der Waals surface area contributed by atoms with Gasteiger partial charge in [0, 0.05) is 10.7 Å². The molecule has 0 aliphatic heterocycles. The van der Waals surface area contributed by atoms with E-state index in [1.807, 2.05) is 5.38 Å². The van der Waals surface area contributed by atoms with Crippen LogP contribution in [0.2, 0.25) is 0 Å². The van der Waals surface area contributed by atoms with Gasteiger partial charge in [-0.3, -0.25) is 5.41 Å². The van der Waals surface area contributed by atoms with E-state index < -0.39 is 0 Å². The molecule has 0 radical (unpaired) electrons. The number of rotatable bonds is 2. The first-order chi connectivity index (χ1) is 5.22. The van der Waals surface area contributed by atoms with Crippen molar-refractivity contribution in [3.8, 4) is 0 Å². The van der Waals surface area contributed by atoms with Crippen LogP contribution in [0.4, 0.5) is 5.13 Å². The summed E-state index contributed by atoms with van der Waals surface area (Å²) in [4.78, 5) is 4.11. The standard InChI is InChI=1S/C5H7BrN4S.BrH/c6-1-3-2-11-5(9-3)10-4(7)8;/h2H,1H2,(H4,7,8,9,10);1H. The Balaban J connectivity index is 0.00000121. The molecule has 0 aliphatic carbocycles. The second-order valence-corrected chi connectivity index (χ2v) is 3.24. The Labute approximate surface area is 93.0 Å². The van der Waals surface area contributed by atoms with Crippen LogP contribution in [-0.4, -0.2) is 10.9 Å². The summed E-state index contributed by atoms with van der Waals surface area (Å²) >= 11 is 4.70.